The van der Waals surface area contributed by atoms with E-state index in [-0.39, 0.29) is 5.57 Å². The second-order valence-electron chi connectivity index (χ2n) is 5.23. The van der Waals surface area contributed by atoms with Crippen molar-refractivity contribution in [3.8, 4) is 6.07 Å². The summed E-state index contributed by atoms with van der Waals surface area (Å²) >= 11 is 3.50. The van der Waals surface area contributed by atoms with E-state index in [9.17, 15) is 10.1 Å². The number of benzene rings is 2. The summed E-state index contributed by atoms with van der Waals surface area (Å²) in [6.07, 6.45) is 2.25. The van der Waals surface area contributed by atoms with Crippen LogP contribution in [0, 0.1) is 18.3 Å². The van der Waals surface area contributed by atoms with Gasteiger partial charge in [-0.1, -0.05) is 52.3 Å². The van der Waals surface area contributed by atoms with Crippen molar-refractivity contribution in [3.05, 3.63) is 75.9 Å². The first-order valence-corrected chi connectivity index (χ1v) is 8.35. The lowest BCUT2D eigenvalue weighted by molar-refractivity contribution is -0.112. The standard InChI is InChI=1S/C19H18BrN3O/c1-14-6-2-5-9-18(14)23-19(24)16(12-21)13-22-11-10-15-7-3-4-8-17(15)20/h2-9,13,22H,10-11H2,1H3,(H,23,24)/b16-13-. The number of para-hydroxylation sites is 1. The van der Waals surface area contributed by atoms with E-state index in [4.69, 9.17) is 0 Å². The van der Waals surface area contributed by atoms with E-state index in [2.05, 4.69) is 26.6 Å². The van der Waals surface area contributed by atoms with Gasteiger partial charge in [0.1, 0.15) is 11.6 Å². The molecule has 1 amide bonds. The Balaban J connectivity index is 1.92. The number of anilines is 1. The fourth-order valence-electron chi connectivity index (χ4n) is 2.13. The van der Waals surface area contributed by atoms with E-state index in [1.165, 1.54) is 11.8 Å². The van der Waals surface area contributed by atoms with Crippen molar-refractivity contribution in [2.75, 3.05) is 11.9 Å². The molecule has 24 heavy (non-hydrogen) atoms. The molecule has 2 aromatic carbocycles. The number of carbonyl (C=O) groups excluding carboxylic acids is 1. The number of nitrogens with one attached hydrogen (secondary N) is 2. The molecule has 2 aromatic rings. The van der Waals surface area contributed by atoms with Crippen LogP contribution in [0.15, 0.2) is 64.8 Å². The Bertz CT molecular complexity index is 793. The van der Waals surface area contributed by atoms with Crippen molar-refractivity contribution < 1.29 is 4.79 Å². The molecule has 0 spiro atoms. The van der Waals surface area contributed by atoms with Gasteiger partial charge in [-0.25, -0.2) is 0 Å². The highest BCUT2D eigenvalue weighted by molar-refractivity contribution is 9.10. The smallest absolute Gasteiger partial charge is 0.267 e. The number of nitrogens with zero attached hydrogens (tertiary/aromatic N) is 1. The first kappa shape index (κ1) is 17.8. The van der Waals surface area contributed by atoms with Crippen molar-refractivity contribution in [1.29, 1.82) is 5.26 Å². The molecule has 0 aliphatic heterocycles. The van der Waals surface area contributed by atoms with Gasteiger partial charge in [-0.15, -0.1) is 0 Å². The van der Waals surface area contributed by atoms with E-state index in [1.54, 1.807) is 0 Å². The van der Waals surface area contributed by atoms with Crippen LogP contribution in [0.3, 0.4) is 0 Å². The minimum Gasteiger partial charge on any atom is -0.389 e. The quantitative estimate of drug-likeness (QED) is 0.451. The average Bonchev–Trinajstić information content (AvgIpc) is 2.58. The molecule has 2 rings (SSSR count). The first-order chi connectivity index (χ1) is 11.6. The largest absolute Gasteiger partial charge is 0.389 e. The fourth-order valence-corrected chi connectivity index (χ4v) is 2.62. The third-order valence-electron chi connectivity index (χ3n) is 3.50. The fraction of sp³-hybridized carbons (Fsp3) is 0.158. The number of aryl methyl sites for hydroxylation is 1. The summed E-state index contributed by atoms with van der Waals surface area (Å²) in [5.74, 6) is -0.416. The third kappa shape index (κ3) is 4.97. The highest BCUT2D eigenvalue weighted by Gasteiger charge is 2.10. The zero-order valence-electron chi connectivity index (χ0n) is 13.3. The number of carbonyl (C=O) groups is 1. The summed E-state index contributed by atoms with van der Waals surface area (Å²) in [5, 5.41) is 15.0. The lowest BCUT2D eigenvalue weighted by atomic mass is 10.1. The van der Waals surface area contributed by atoms with Crippen LogP contribution in [0.4, 0.5) is 5.69 Å². The van der Waals surface area contributed by atoms with E-state index < -0.39 is 5.91 Å². The van der Waals surface area contributed by atoms with Gasteiger partial charge in [0, 0.05) is 22.9 Å². The molecule has 0 saturated heterocycles. The Morgan fingerprint density at radius 2 is 1.92 bits per heavy atom. The molecule has 0 aliphatic rings. The molecule has 0 aromatic heterocycles. The topological polar surface area (TPSA) is 64.9 Å². The summed E-state index contributed by atoms with van der Waals surface area (Å²) in [7, 11) is 0. The van der Waals surface area contributed by atoms with Gasteiger partial charge in [-0.2, -0.15) is 5.26 Å². The second-order valence-corrected chi connectivity index (χ2v) is 6.09. The Kier molecular flexibility index (Phi) is 6.59. The van der Waals surface area contributed by atoms with Gasteiger partial charge < -0.3 is 10.6 Å². The van der Waals surface area contributed by atoms with Gasteiger partial charge in [-0.3, -0.25) is 4.79 Å². The molecule has 0 atom stereocenters. The average molecular weight is 384 g/mol. The molecule has 0 aliphatic carbocycles. The maximum Gasteiger partial charge on any atom is 0.267 e. The van der Waals surface area contributed by atoms with Crippen molar-refractivity contribution in [1.82, 2.24) is 5.32 Å². The summed E-state index contributed by atoms with van der Waals surface area (Å²) < 4.78 is 1.05. The summed E-state index contributed by atoms with van der Waals surface area (Å²) in [4.78, 5) is 12.2. The second kappa shape index (κ2) is 8.90. The number of rotatable bonds is 6. The zero-order chi connectivity index (χ0) is 17.4. The Labute approximate surface area is 150 Å². The molecule has 0 radical (unpaired) electrons. The summed E-state index contributed by atoms with van der Waals surface area (Å²) in [6, 6.07) is 17.3. The first-order valence-electron chi connectivity index (χ1n) is 7.56. The zero-order valence-corrected chi connectivity index (χ0v) is 14.9. The van der Waals surface area contributed by atoms with E-state index in [0.29, 0.717) is 12.2 Å². The minimum atomic E-state index is -0.416. The van der Waals surface area contributed by atoms with Gasteiger partial charge in [0.2, 0.25) is 0 Å². The van der Waals surface area contributed by atoms with E-state index in [0.717, 1.165) is 16.5 Å². The van der Waals surface area contributed by atoms with Gasteiger partial charge >= 0.3 is 0 Å². The molecule has 5 heteroatoms. The van der Waals surface area contributed by atoms with Crippen LogP contribution >= 0.6 is 15.9 Å². The maximum atomic E-state index is 12.2. The van der Waals surface area contributed by atoms with Crippen LogP contribution in [0.5, 0.6) is 0 Å². The molecule has 0 saturated carbocycles. The summed E-state index contributed by atoms with van der Waals surface area (Å²) in [6.45, 7) is 2.53. The molecular formula is C19H18BrN3O. The van der Waals surface area contributed by atoms with Crippen molar-refractivity contribution in [2.45, 2.75) is 13.3 Å². The molecule has 0 fully saturated rings. The molecule has 2 N–H and O–H groups in total. The molecule has 122 valence electrons. The number of hydrogen-bond donors (Lipinski definition) is 2. The minimum absolute atomic E-state index is 0.0466. The number of hydrogen-bond acceptors (Lipinski definition) is 3. The van der Waals surface area contributed by atoms with Gasteiger partial charge in [0.25, 0.3) is 5.91 Å². The van der Waals surface area contributed by atoms with Crippen molar-refractivity contribution in [3.63, 3.8) is 0 Å². The van der Waals surface area contributed by atoms with Crippen LogP contribution in [-0.2, 0) is 11.2 Å². The number of amides is 1. The predicted molar refractivity (Wildman–Crippen MR) is 99.4 cm³/mol. The third-order valence-corrected chi connectivity index (χ3v) is 4.27. The van der Waals surface area contributed by atoms with E-state index >= 15 is 0 Å². The maximum absolute atomic E-state index is 12.2. The van der Waals surface area contributed by atoms with Gasteiger partial charge in [0.05, 0.1) is 0 Å². The van der Waals surface area contributed by atoms with E-state index in [1.807, 2.05) is 61.5 Å². The molecular weight excluding hydrogens is 366 g/mol. The highest BCUT2D eigenvalue weighted by atomic mass is 79.9. The molecule has 0 heterocycles. The lowest BCUT2D eigenvalue weighted by Crippen LogP contribution is -2.18. The molecule has 4 nitrogen and oxygen atoms in total. The highest BCUT2D eigenvalue weighted by Crippen LogP contribution is 2.16. The summed E-state index contributed by atoms with van der Waals surface area (Å²) in [5.41, 5.74) is 2.87. The Morgan fingerprint density at radius 3 is 2.62 bits per heavy atom. The van der Waals surface area contributed by atoms with Gasteiger partial charge in [-0.05, 0) is 36.6 Å². The Hall–Kier alpha value is -2.58. The van der Waals surface area contributed by atoms with Crippen LogP contribution in [0.1, 0.15) is 11.1 Å². The van der Waals surface area contributed by atoms with Gasteiger partial charge in [0.15, 0.2) is 0 Å². The molecule has 0 bridgehead atoms. The Morgan fingerprint density at radius 1 is 1.21 bits per heavy atom. The monoisotopic (exact) mass is 383 g/mol. The van der Waals surface area contributed by atoms with Crippen LogP contribution in [0.2, 0.25) is 0 Å². The number of halogens is 1. The SMILES string of the molecule is Cc1ccccc1NC(=O)/C(C#N)=C\NCCc1ccccc1Br. The predicted octanol–water partition coefficient (Wildman–Crippen LogP) is 3.94. The van der Waals surface area contributed by atoms with Crippen molar-refractivity contribution in [2.24, 2.45) is 0 Å². The van der Waals surface area contributed by atoms with Crippen LogP contribution < -0.4 is 10.6 Å². The van der Waals surface area contributed by atoms with Crippen molar-refractivity contribution >= 4 is 27.5 Å². The normalized spacial score (nSPS) is 10.8. The number of nitriles is 1. The molecule has 0 unspecified atom stereocenters. The lowest BCUT2D eigenvalue weighted by Gasteiger charge is -2.08. The van der Waals surface area contributed by atoms with Crippen LogP contribution in [-0.4, -0.2) is 12.5 Å². The van der Waals surface area contributed by atoms with Crippen LogP contribution in [0.25, 0.3) is 0 Å².